The Balaban J connectivity index is 2.23. The summed E-state index contributed by atoms with van der Waals surface area (Å²) in [5.41, 5.74) is 0. The number of thioether (sulfide) groups is 2. The van der Waals surface area contributed by atoms with Crippen LogP contribution in [0.4, 0.5) is 0 Å². The van der Waals surface area contributed by atoms with Crippen molar-refractivity contribution in [3.8, 4) is 0 Å². The van der Waals surface area contributed by atoms with Crippen LogP contribution in [0.2, 0.25) is 0 Å². The average Bonchev–Trinajstić information content (AvgIpc) is 3.09. The van der Waals surface area contributed by atoms with E-state index < -0.39 is 23.3 Å². The largest absolute Gasteiger partial charge is 0.467 e. The molecule has 0 saturated carbocycles. The van der Waals surface area contributed by atoms with Crippen LogP contribution >= 0.6 is 23.5 Å². The molecule has 0 radical (unpaired) electrons. The monoisotopic (exact) mass is 444 g/mol. The molecule has 0 bridgehead atoms. The first-order valence-corrected chi connectivity index (χ1v) is 12.2. The summed E-state index contributed by atoms with van der Waals surface area (Å²) >= 11 is 2.63. The predicted octanol–water partition coefficient (Wildman–Crippen LogP) is 2.43. The molecular weight excluding hydrogens is 412 g/mol. The molecule has 1 N–H and O–H groups in total. The lowest BCUT2D eigenvalue weighted by molar-refractivity contribution is -0.152. The lowest BCUT2D eigenvalue weighted by Crippen LogP contribution is -2.55. The van der Waals surface area contributed by atoms with Crippen LogP contribution in [0.5, 0.6) is 0 Å². The van der Waals surface area contributed by atoms with Crippen LogP contribution in [0.25, 0.3) is 0 Å². The number of amides is 2. The number of carbonyl (C=O) groups is 4. The molecule has 2 saturated heterocycles. The van der Waals surface area contributed by atoms with Gasteiger partial charge in [0.15, 0.2) is 5.12 Å². The second-order valence-electron chi connectivity index (χ2n) is 7.73. The number of nitrogens with one attached hydrogen (secondary N) is 1. The van der Waals surface area contributed by atoms with Gasteiger partial charge in [-0.25, -0.2) is 4.79 Å². The molecule has 164 valence electrons. The second-order valence-corrected chi connectivity index (χ2v) is 10.2. The van der Waals surface area contributed by atoms with Gasteiger partial charge < -0.3 is 15.0 Å². The van der Waals surface area contributed by atoms with Crippen molar-refractivity contribution in [2.75, 3.05) is 12.9 Å². The Labute approximate surface area is 181 Å². The average molecular weight is 445 g/mol. The molecule has 2 aliphatic heterocycles. The fourth-order valence-corrected chi connectivity index (χ4v) is 6.57. The normalized spacial score (nSPS) is 28.9. The van der Waals surface area contributed by atoms with Gasteiger partial charge in [-0.15, -0.1) is 11.8 Å². The van der Waals surface area contributed by atoms with Gasteiger partial charge >= 0.3 is 5.97 Å². The van der Waals surface area contributed by atoms with Crippen LogP contribution in [0.3, 0.4) is 0 Å². The third-order valence-corrected chi connectivity index (χ3v) is 8.57. The van der Waals surface area contributed by atoms with Crippen LogP contribution in [0.15, 0.2) is 0 Å². The molecular formula is C20H32N2O5S2. The molecule has 2 amide bonds. The van der Waals surface area contributed by atoms with E-state index in [1.165, 1.54) is 14.0 Å². The van der Waals surface area contributed by atoms with Crippen LogP contribution < -0.4 is 5.32 Å². The Hall–Kier alpha value is -1.22. The van der Waals surface area contributed by atoms with Crippen molar-refractivity contribution < 1.29 is 23.9 Å². The Bertz CT molecular complexity index is 644. The topological polar surface area (TPSA) is 92.8 Å². The number of hydrogen-bond acceptors (Lipinski definition) is 7. The molecule has 2 heterocycles. The molecule has 0 spiro atoms. The number of esters is 1. The number of rotatable bonds is 7. The van der Waals surface area contributed by atoms with E-state index in [1.807, 2.05) is 13.8 Å². The highest BCUT2D eigenvalue weighted by Gasteiger charge is 2.49. The Morgan fingerprint density at radius 2 is 2.00 bits per heavy atom. The molecule has 2 fully saturated rings. The van der Waals surface area contributed by atoms with Gasteiger partial charge in [-0.2, -0.15) is 0 Å². The molecule has 7 nitrogen and oxygen atoms in total. The number of nitrogens with zero attached hydrogens (tertiary/aromatic N) is 1. The summed E-state index contributed by atoms with van der Waals surface area (Å²) in [6.45, 7) is 7.44. The van der Waals surface area contributed by atoms with Crippen molar-refractivity contribution in [1.29, 1.82) is 0 Å². The van der Waals surface area contributed by atoms with Gasteiger partial charge in [0.2, 0.25) is 11.8 Å². The molecule has 2 aliphatic rings. The van der Waals surface area contributed by atoms with Gasteiger partial charge in [0, 0.05) is 12.7 Å². The summed E-state index contributed by atoms with van der Waals surface area (Å²) < 4.78 is 4.91. The Morgan fingerprint density at radius 3 is 2.55 bits per heavy atom. The highest BCUT2D eigenvalue weighted by atomic mass is 32.2. The van der Waals surface area contributed by atoms with E-state index in [0.29, 0.717) is 12.2 Å². The summed E-state index contributed by atoms with van der Waals surface area (Å²) in [5.74, 6) is -0.153. The van der Waals surface area contributed by atoms with E-state index in [4.69, 9.17) is 4.74 Å². The van der Waals surface area contributed by atoms with E-state index >= 15 is 0 Å². The number of fused-ring (bicyclic) bond motifs is 1. The van der Waals surface area contributed by atoms with Gasteiger partial charge in [-0.05, 0) is 24.7 Å². The van der Waals surface area contributed by atoms with Crippen molar-refractivity contribution in [1.82, 2.24) is 10.2 Å². The third-order valence-electron chi connectivity index (χ3n) is 5.84. The first-order valence-electron chi connectivity index (χ1n) is 10.2. The second kappa shape index (κ2) is 10.7. The molecule has 29 heavy (non-hydrogen) atoms. The Kier molecular flexibility index (Phi) is 8.88. The van der Waals surface area contributed by atoms with E-state index in [2.05, 4.69) is 12.2 Å². The van der Waals surface area contributed by atoms with Crippen LogP contribution in [0.1, 0.15) is 53.4 Å². The minimum Gasteiger partial charge on any atom is -0.467 e. The minimum atomic E-state index is -0.688. The molecule has 6 atom stereocenters. The van der Waals surface area contributed by atoms with Gasteiger partial charge in [0.25, 0.3) is 0 Å². The summed E-state index contributed by atoms with van der Waals surface area (Å²) in [4.78, 5) is 51.8. The maximum Gasteiger partial charge on any atom is 0.329 e. The summed E-state index contributed by atoms with van der Waals surface area (Å²) in [7, 11) is 1.33. The van der Waals surface area contributed by atoms with Gasteiger partial charge in [-0.3, -0.25) is 14.4 Å². The lowest BCUT2D eigenvalue weighted by atomic mass is 9.98. The SMILES string of the molecule is CC[C@H]1CC[C@H](NC(=O)[C@@H](SC(C)=O)[C@@H](C)CC)C(=O)N2[C@@H]1SC[C@H]2C(=O)OC. The third kappa shape index (κ3) is 5.48. The van der Waals surface area contributed by atoms with Crippen molar-refractivity contribution in [3.05, 3.63) is 0 Å². The number of carbonyl (C=O) groups excluding carboxylic acids is 4. The summed E-state index contributed by atoms with van der Waals surface area (Å²) in [5, 5.41) is 2.17. The van der Waals surface area contributed by atoms with Crippen LogP contribution in [0, 0.1) is 11.8 Å². The fourth-order valence-electron chi connectivity index (χ4n) is 3.93. The van der Waals surface area contributed by atoms with E-state index in [0.717, 1.165) is 31.0 Å². The molecule has 0 aromatic rings. The molecule has 0 unspecified atom stereocenters. The highest BCUT2D eigenvalue weighted by molar-refractivity contribution is 8.14. The molecule has 9 heteroatoms. The van der Waals surface area contributed by atoms with Crippen LogP contribution in [-0.2, 0) is 23.9 Å². The van der Waals surface area contributed by atoms with Crippen molar-refractivity contribution >= 4 is 46.4 Å². The van der Waals surface area contributed by atoms with Gasteiger partial charge in [0.1, 0.15) is 12.1 Å². The maximum absolute atomic E-state index is 13.4. The van der Waals surface area contributed by atoms with Crippen LogP contribution in [-0.4, -0.2) is 63.4 Å². The van der Waals surface area contributed by atoms with E-state index in [-0.39, 0.29) is 34.1 Å². The Morgan fingerprint density at radius 1 is 1.31 bits per heavy atom. The standard InChI is InChI=1S/C20H32N2O5S2/c1-6-11(3)16(29-12(4)23)17(24)21-14-9-8-13(7-2)19-22(18(14)25)15(10-28-19)20(26)27-5/h11,13-16,19H,6-10H2,1-5H3,(H,21,24)/t11-,13-,14-,15-,16-,19+/m0/s1. The molecule has 0 aliphatic carbocycles. The molecule has 0 aromatic heterocycles. The lowest BCUT2D eigenvalue weighted by Gasteiger charge is -2.32. The fraction of sp³-hybridized carbons (Fsp3) is 0.800. The van der Waals surface area contributed by atoms with Crippen molar-refractivity contribution in [2.45, 2.75) is 76.1 Å². The number of hydrogen-bond donors (Lipinski definition) is 1. The number of methoxy groups -OCH3 is 1. The summed E-state index contributed by atoms with van der Waals surface area (Å²) in [6, 6.07) is -1.31. The van der Waals surface area contributed by atoms with E-state index in [1.54, 1.807) is 16.7 Å². The van der Waals surface area contributed by atoms with Gasteiger partial charge in [0.05, 0.1) is 17.7 Å². The summed E-state index contributed by atoms with van der Waals surface area (Å²) in [6.07, 6.45) is 2.97. The molecule has 2 rings (SSSR count). The van der Waals surface area contributed by atoms with Gasteiger partial charge in [-0.1, -0.05) is 45.4 Å². The maximum atomic E-state index is 13.4. The highest BCUT2D eigenvalue weighted by Crippen LogP contribution is 2.40. The quantitative estimate of drug-likeness (QED) is 0.603. The predicted molar refractivity (Wildman–Crippen MR) is 115 cm³/mol. The zero-order valence-electron chi connectivity index (χ0n) is 17.8. The smallest absolute Gasteiger partial charge is 0.329 e. The van der Waals surface area contributed by atoms with Crippen molar-refractivity contribution in [3.63, 3.8) is 0 Å². The molecule has 0 aromatic carbocycles. The minimum absolute atomic E-state index is 0.00563. The van der Waals surface area contributed by atoms with Crippen molar-refractivity contribution in [2.24, 2.45) is 11.8 Å². The zero-order valence-corrected chi connectivity index (χ0v) is 19.4. The number of ether oxygens (including phenoxy) is 1. The zero-order chi connectivity index (χ0) is 21.7. The van der Waals surface area contributed by atoms with E-state index in [9.17, 15) is 19.2 Å². The first kappa shape index (κ1) is 24.1. The first-order chi connectivity index (χ1) is 13.7.